The van der Waals surface area contributed by atoms with Gasteiger partial charge in [-0.25, -0.2) is 4.79 Å². The van der Waals surface area contributed by atoms with E-state index in [1.54, 1.807) is 54.6 Å². The van der Waals surface area contributed by atoms with Crippen molar-refractivity contribution >= 4 is 18.0 Å². The van der Waals surface area contributed by atoms with Crippen LogP contribution in [0.25, 0.3) is 6.08 Å². The van der Waals surface area contributed by atoms with Gasteiger partial charge in [0.25, 0.3) is 5.91 Å². The maximum absolute atomic E-state index is 12.2. The molecule has 2 N–H and O–H groups in total. The predicted molar refractivity (Wildman–Crippen MR) is 111 cm³/mol. The molecule has 3 aromatic carbocycles. The van der Waals surface area contributed by atoms with Crippen molar-refractivity contribution in [3.8, 4) is 5.75 Å². The molecule has 0 aliphatic rings. The van der Waals surface area contributed by atoms with Crippen LogP contribution in [0.2, 0.25) is 0 Å². The highest BCUT2D eigenvalue weighted by atomic mass is 16.5. The Labute approximate surface area is 169 Å². The molecule has 0 unspecified atom stereocenters. The fourth-order valence-corrected chi connectivity index (χ4v) is 2.61. The van der Waals surface area contributed by atoms with E-state index in [1.807, 2.05) is 31.2 Å². The van der Waals surface area contributed by atoms with Gasteiger partial charge >= 0.3 is 5.97 Å². The number of rotatable bonds is 7. The molecule has 0 saturated heterocycles. The lowest BCUT2D eigenvalue weighted by atomic mass is 10.1. The first-order valence-electron chi connectivity index (χ1n) is 9.11. The molecule has 0 radical (unpaired) electrons. The summed E-state index contributed by atoms with van der Waals surface area (Å²) in [6.45, 7) is 2.48. The van der Waals surface area contributed by atoms with Gasteiger partial charge in [0.15, 0.2) is 0 Å². The van der Waals surface area contributed by atoms with E-state index in [0.29, 0.717) is 23.5 Å². The second-order valence-electron chi connectivity index (χ2n) is 6.53. The first kappa shape index (κ1) is 19.9. The van der Waals surface area contributed by atoms with E-state index >= 15 is 0 Å². The Kier molecular flexibility index (Phi) is 6.43. The van der Waals surface area contributed by atoms with Crippen LogP contribution < -0.4 is 10.1 Å². The van der Waals surface area contributed by atoms with E-state index in [2.05, 4.69) is 5.32 Å². The number of amides is 1. The van der Waals surface area contributed by atoms with Crippen LogP contribution in [-0.4, -0.2) is 17.0 Å². The van der Waals surface area contributed by atoms with Gasteiger partial charge in [-0.2, -0.15) is 0 Å². The van der Waals surface area contributed by atoms with E-state index in [0.717, 1.165) is 5.56 Å². The zero-order valence-corrected chi connectivity index (χ0v) is 16.0. The maximum atomic E-state index is 12.2. The largest absolute Gasteiger partial charge is 0.489 e. The van der Waals surface area contributed by atoms with Crippen molar-refractivity contribution < 1.29 is 19.4 Å². The number of carboxylic acids is 1. The van der Waals surface area contributed by atoms with Gasteiger partial charge in [0, 0.05) is 5.56 Å². The molecule has 0 heterocycles. The second-order valence-corrected chi connectivity index (χ2v) is 6.53. The number of aliphatic carboxylic acids is 1. The standard InChI is InChI=1S/C24H21NO4/c1-17-7-9-19(10-8-17)16-29-21-13-11-18(12-14-21)15-22(24(27)28)25-23(26)20-5-3-2-4-6-20/h2-15H,16H2,1H3,(H,25,26)(H,27,28). The summed E-state index contributed by atoms with van der Waals surface area (Å²) in [6.07, 6.45) is 1.41. The molecule has 29 heavy (non-hydrogen) atoms. The van der Waals surface area contributed by atoms with E-state index in [9.17, 15) is 14.7 Å². The highest BCUT2D eigenvalue weighted by Gasteiger charge is 2.13. The summed E-state index contributed by atoms with van der Waals surface area (Å²) in [6, 6.07) is 23.6. The minimum absolute atomic E-state index is 0.202. The Morgan fingerprint density at radius 2 is 1.59 bits per heavy atom. The molecular weight excluding hydrogens is 366 g/mol. The van der Waals surface area contributed by atoms with Crippen molar-refractivity contribution in [2.75, 3.05) is 0 Å². The van der Waals surface area contributed by atoms with Crippen LogP contribution >= 0.6 is 0 Å². The fourth-order valence-electron chi connectivity index (χ4n) is 2.61. The average Bonchev–Trinajstić information content (AvgIpc) is 2.74. The third kappa shape index (κ3) is 5.81. The Balaban J connectivity index is 1.66. The normalized spacial score (nSPS) is 11.0. The zero-order valence-electron chi connectivity index (χ0n) is 16.0. The quantitative estimate of drug-likeness (QED) is 0.588. The summed E-state index contributed by atoms with van der Waals surface area (Å²) >= 11 is 0. The summed E-state index contributed by atoms with van der Waals surface area (Å²) in [7, 11) is 0. The van der Waals surface area contributed by atoms with Crippen LogP contribution in [0.4, 0.5) is 0 Å². The van der Waals surface area contributed by atoms with Crippen LogP contribution in [0.3, 0.4) is 0 Å². The predicted octanol–water partition coefficient (Wildman–Crippen LogP) is 4.43. The number of hydrogen-bond donors (Lipinski definition) is 2. The van der Waals surface area contributed by atoms with Gasteiger partial charge in [-0.1, -0.05) is 60.2 Å². The first-order chi connectivity index (χ1) is 14.0. The summed E-state index contributed by atoms with van der Waals surface area (Å²) in [5, 5.41) is 11.8. The Morgan fingerprint density at radius 3 is 2.21 bits per heavy atom. The van der Waals surface area contributed by atoms with Crippen LogP contribution in [0.15, 0.2) is 84.6 Å². The van der Waals surface area contributed by atoms with Gasteiger partial charge in [-0.05, 0) is 48.4 Å². The van der Waals surface area contributed by atoms with Crippen molar-refractivity contribution in [1.82, 2.24) is 5.32 Å². The van der Waals surface area contributed by atoms with E-state index in [1.165, 1.54) is 11.6 Å². The van der Waals surface area contributed by atoms with Gasteiger partial charge in [0.2, 0.25) is 0 Å². The zero-order chi connectivity index (χ0) is 20.6. The number of carboxylic acid groups (broad SMARTS) is 1. The molecule has 0 aromatic heterocycles. The van der Waals surface area contributed by atoms with Gasteiger partial charge in [0.1, 0.15) is 18.1 Å². The second kappa shape index (κ2) is 9.37. The Bertz CT molecular complexity index is 1010. The monoisotopic (exact) mass is 387 g/mol. The van der Waals surface area contributed by atoms with E-state index in [4.69, 9.17) is 4.74 Å². The van der Waals surface area contributed by atoms with Crippen molar-refractivity contribution in [1.29, 1.82) is 0 Å². The number of aryl methyl sites for hydroxylation is 1. The third-order valence-electron chi connectivity index (χ3n) is 4.23. The fraction of sp³-hybridized carbons (Fsp3) is 0.0833. The van der Waals surface area contributed by atoms with Gasteiger partial charge in [-0.15, -0.1) is 0 Å². The van der Waals surface area contributed by atoms with Crippen LogP contribution in [0.1, 0.15) is 27.0 Å². The van der Waals surface area contributed by atoms with E-state index in [-0.39, 0.29) is 5.70 Å². The molecule has 3 aromatic rings. The third-order valence-corrected chi connectivity index (χ3v) is 4.23. The first-order valence-corrected chi connectivity index (χ1v) is 9.11. The Hall–Kier alpha value is -3.86. The lowest BCUT2D eigenvalue weighted by Gasteiger charge is -2.08. The SMILES string of the molecule is Cc1ccc(COc2ccc(C=C(NC(=O)c3ccccc3)C(=O)O)cc2)cc1. The maximum Gasteiger partial charge on any atom is 0.352 e. The minimum atomic E-state index is -1.21. The van der Waals surface area contributed by atoms with Crippen molar-refractivity contribution in [3.05, 3.63) is 107 Å². The number of carbonyl (C=O) groups excluding carboxylic acids is 1. The minimum Gasteiger partial charge on any atom is -0.489 e. The topological polar surface area (TPSA) is 75.6 Å². The van der Waals surface area contributed by atoms with Gasteiger partial charge in [-0.3, -0.25) is 4.79 Å². The summed E-state index contributed by atoms with van der Waals surface area (Å²) in [4.78, 5) is 23.7. The number of ether oxygens (including phenoxy) is 1. The number of nitrogens with one attached hydrogen (secondary N) is 1. The lowest BCUT2D eigenvalue weighted by molar-refractivity contribution is -0.132. The molecule has 1 amide bonds. The van der Waals surface area contributed by atoms with Crippen LogP contribution in [0, 0.1) is 6.92 Å². The molecular formula is C24H21NO4. The molecule has 0 aliphatic heterocycles. The highest BCUT2D eigenvalue weighted by Crippen LogP contribution is 2.16. The van der Waals surface area contributed by atoms with Crippen LogP contribution in [-0.2, 0) is 11.4 Å². The highest BCUT2D eigenvalue weighted by molar-refractivity contribution is 6.02. The smallest absolute Gasteiger partial charge is 0.352 e. The molecule has 0 aliphatic carbocycles. The number of hydrogen-bond acceptors (Lipinski definition) is 3. The van der Waals surface area contributed by atoms with Crippen molar-refractivity contribution in [2.45, 2.75) is 13.5 Å². The summed E-state index contributed by atoms with van der Waals surface area (Å²) < 4.78 is 5.75. The molecule has 3 rings (SSSR count). The molecule has 0 spiro atoms. The van der Waals surface area contributed by atoms with E-state index < -0.39 is 11.9 Å². The van der Waals surface area contributed by atoms with Gasteiger partial charge in [0.05, 0.1) is 0 Å². The lowest BCUT2D eigenvalue weighted by Crippen LogP contribution is -2.27. The molecule has 0 saturated carbocycles. The molecule has 0 bridgehead atoms. The summed E-state index contributed by atoms with van der Waals surface area (Å²) in [5.74, 6) is -1.01. The Morgan fingerprint density at radius 1 is 0.931 bits per heavy atom. The van der Waals surface area contributed by atoms with Crippen molar-refractivity contribution in [2.24, 2.45) is 0 Å². The molecule has 5 nitrogen and oxygen atoms in total. The van der Waals surface area contributed by atoms with Crippen molar-refractivity contribution in [3.63, 3.8) is 0 Å². The molecule has 0 fully saturated rings. The summed E-state index contributed by atoms with van der Waals surface area (Å²) in [5.41, 5.74) is 3.08. The van der Waals surface area contributed by atoms with Crippen LogP contribution in [0.5, 0.6) is 5.75 Å². The molecule has 5 heteroatoms. The molecule has 146 valence electrons. The average molecular weight is 387 g/mol. The number of benzene rings is 3. The van der Waals surface area contributed by atoms with Gasteiger partial charge < -0.3 is 15.2 Å². The molecule has 0 atom stereocenters. The number of carbonyl (C=O) groups is 2.